The van der Waals surface area contributed by atoms with E-state index in [1.165, 1.54) is 16.8 Å². The quantitative estimate of drug-likeness (QED) is 0.521. The first-order valence-electron chi connectivity index (χ1n) is 12.5. The molecule has 36 heavy (non-hydrogen) atoms. The predicted octanol–water partition coefficient (Wildman–Crippen LogP) is 3.00. The molecule has 1 saturated heterocycles. The Bertz CT molecular complexity index is 1320. The second-order valence-electron chi connectivity index (χ2n) is 9.52. The molecule has 1 amide bonds. The number of hydrogen-bond acceptors (Lipinski definition) is 6. The van der Waals surface area contributed by atoms with Gasteiger partial charge in [-0.05, 0) is 67.6 Å². The summed E-state index contributed by atoms with van der Waals surface area (Å²) >= 11 is 0. The largest absolute Gasteiger partial charge is 0.384 e. The lowest BCUT2D eigenvalue weighted by Crippen LogP contribution is -2.46. The summed E-state index contributed by atoms with van der Waals surface area (Å²) in [4.78, 5) is 40.6. The lowest BCUT2D eigenvalue weighted by Gasteiger charge is -2.37. The minimum absolute atomic E-state index is 0.0395. The monoisotopic (exact) mass is 489 g/mol. The van der Waals surface area contributed by atoms with Crippen molar-refractivity contribution in [1.82, 2.24) is 15.2 Å². The normalized spacial score (nSPS) is 15.5. The van der Waals surface area contributed by atoms with E-state index in [1.807, 2.05) is 18.9 Å². The van der Waals surface area contributed by atoms with Crippen molar-refractivity contribution in [3.63, 3.8) is 0 Å². The van der Waals surface area contributed by atoms with E-state index in [-0.39, 0.29) is 11.5 Å². The number of benzene rings is 2. The highest BCUT2D eigenvalue weighted by Crippen LogP contribution is 2.31. The van der Waals surface area contributed by atoms with Gasteiger partial charge in [-0.2, -0.15) is 0 Å². The maximum absolute atomic E-state index is 12.6. The first-order valence-corrected chi connectivity index (χ1v) is 12.5. The Morgan fingerprint density at radius 1 is 1.06 bits per heavy atom. The average molecular weight is 490 g/mol. The third kappa shape index (κ3) is 4.99. The minimum Gasteiger partial charge on any atom is -0.384 e. The maximum Gasteiger partial charge on any atom is 0.253 e. The summed E-state index contributed by atoms with van der Waals surface area (Å²) in [6.07, 6.45) is 1.84. The molecule has 3 heterocycles. The van der Waals surface area contributed by atoms with Crippen molar-refractivity contribution in [1.29, 1.82) is 0 Å². The van der Waals surface area contributed by atoms with E-state index >= 15 is 0 Å². The van der Waals surface area contributed by atoms with Crippen LogP contribution in [0.25, 0.3) is 10.9 Å². The van der Waals surface area contributed by atoms with Crippen LogP contribution in [0.15, 0.2) is 35.1 Å². The van der Waals surface area contributed by atoms with Crippen molar-refractivity contribution in [3.05, 3.63) is 68.5 Å². The summed E-state index contributed by atoms with van der Waals surface area (Å²) in [5.41, 5.74) is 8.35. The summed E-state index contributed by atoms with van der Waals surface area (Å²) in [5, 5.41) is 7.31. The van der Waals surface area contributed by atoms with Gasteiger partial charge in [0.2, 0.25) is 0 Å². The van der Waals surface area contributed by atoms with E-state index in [2.05, 4.69) is 57.5 Å². The van der Waals surface area contributed by atoms with Gasteiger partial charge in [-0.15, -0.1) is 0 Å². The highest BCUT2D eigenvalue weighted by atomic mass is 16.1. The van der Waals surface area contributed by atoms with E-state index < -0.39 is 0 Å². The van der Waals surface area contributed by atoms with E-state index in [9.17, 15) is 9.59 Å². The number of aromatic nitrogens is 1. The van der Waals surface area contributed by atoms with Crippen LogP contribution in [0.1, 0.15) is 39.0 Å². The molecule has 190 valence electrons. The third-order valence-electron chi connectivity index (χ3n) is 7.18. The molecule has 5 rings (SSSR count). The SMILES string of the molecule is C=O.CNC(=O)c1ccc(N2CCN(Cc3cc(C)c4c5c(c(=O)[nH]c4c3)CCCN5)CC2)c(C)c1. The van der Waals surface area contributed by atoms with Crippen molar-refractivity contribution in [2.75, 3.05) is 50.0 Å². The van der Waals surface area contributed by atoms with E-state index in [0.717, 1.165) is 79.8 Å². The zero-order valence-corrected chi connectivity index (χ0v) is 21.4. The fourth-order valence-corrected chi connectivity index (χ4v) is 5.46. The van der Waals surface area contributed by atoms with Gasteiger partial charge in [-0.25, -0.2) is 0 Å². The second-order valence-corrected chi connectivity index (χ2v) is 9.52. The number of rotatable bonds is 4. The molecule has 3 N–H and O–H groups in total. The zero-order valence-electron chi connectivity index (χ0n) is 21.4. The molecule has 8 heteroatoms. The van der Waals surface area contributed by atoms with Crippen molar-refractivity contribution in [2.24, 2.45) is 0 Å². The Hall–Kier alpha value is -3.65. The van der Waals surface area contributed by atoms with Gasteiger partial charge in [0.15, 0.2) is 0 Å². The highest BCUT2D eigenvalue weighted by molar-refractivity contribution is 5.96. The zero-order chi connectivity index (χ0) is 25.8. The lowest BCUT2D eigenvalue weighted by molar-refractivity contribution is -0.0980. The number of hydrogen-bond donors (Lipinski definition) is 3. The van der Waals surface area contributed by atoms with Crippen molar-refractivity contribution < 1.29 is 9.59 Å². The molecule has 0 spiro atoms. The number of nitrogens with one attached hydrogen (secondary N) is 3. The van der Waals surface area contributed by atoms with Crippen molar-refractivity contribution in [3.8, 4) is 0 Å². The molecule has 0 atom stereocenters. The Morgan fingerprint density at radius 3 is 2.50 bits per heavy atom. The average Bonchev–Trinajstić information content (AvgIpc) is 2.90. The number of fused-ring (bicyclic) bond motifs is 3. The number of anilines is 2. The summed E-state index contributed by atoms with van der Waals surface area (Å²) in [5.74, 6) is -0.0530. The fraction of sp³-hybridized carbons (Fsp3) is 0.393. The van der Waals surface area contributed by atoms with Gasteiger partial charge in [0.05, 0.1) is 11.2 Å². The number of aryl methyl sites for hydroxylation is 2. The van der Waals surface area contributed by atoms with Gasteiger partial charge in [0.25, 0.3) is 11.5 Å². The van der Waals surface area contributed by atoms with Crippen LogP contribution in [0.2, 0.25) is 0 Å². The van der Waals surface area contributed by atoms with E-state index in [0.29, 0.717) is 5.56 Å². The van der Waals surface area contributed by atoms with Gasteiger partial charge < -0.3 is 25.3 Å². The van der Waals surface area contributed by atoms with Gasteiger partial charge in [0, 0.05) is 68.5 Å². The number of nitrogens with zero attached hydrogens (tertiary/aromatic N) is 2. The molecule has 2 aliphatic rings. The van der Waals surface area contributed by atoms with E-state index in [4.69, 9.17) is 4.79 Å². The number of H-pyrrole nitrogens is 1. The molecule has 3 aromatic rings. The first-order chi connectivity index (χ1) is 17.4. The molecular weight excluding hydrogens is 454 g/mol. The van der Waals surface area contributed by atoms with Crippen LogP contribution >= 0.6 is 0 Å². The number of carbonyl (C=O) groups is 2. The van der Waals surface area contributed by atoms with Crippen LogP contribution in [0.4, 0.5) is 11.4 Å². The summed E-state index contributed by atoms with van der Waals surface area (Å²) in [6, 6.07) is 10.3. The smallest absolute Gasteiger partial charge is 0.253 e. The number of carbonyl (C=O) groups excluding carboxylic acids is 2. The molecule has 1 fully saturated rings. The Labute approximate surface area is 211 Å². The van der Waals surface area contributed by atoms with Crippen molar-refractivity contribution in [2.45, 2.75) is 33.2 Å². The number of piperazine rings is 1. The Morgan fingerprint density at radius 2 is 1.81 bits per heavy atom. The van der Waals surface area contributed by atoms with Crippen LogP contribution in [0.5, 0.6) is 0 Å². The summed E-state index contributed by atoms with van der Waals surface area (Å²) < 4.78 is 0. The predicted molar refractivity (Wildman–Crippen MR) is 145 cm³/mol. The second kappa shape index (κ2) is 11.0. The summed E-state index contributed by atoms with van der Waals surface area (Å²) in [7, 11) is 1.66. The molecule has 0 saturated carbocycles. The van der Waals surface area contributed by atoms with Gasteiger partial charge in [0.1, 0.15) is 6.79 Å². The molecule has 0 bridgehead atoms. The third-order valence-corrected chi connectivity index (χ3v) is 7.18. The number of pyridine rings is 1. The van der Waals surface area contributed by atoms with Crippen LogP contribution in [-0.4, -0.2) is 62.4 Å². The minimum atomic E-state index is -0.0530. The topological polar surface area (TPSA) is 97.5 Å². The van der Waals surface area contributed by atoms with E-state index in [1.54, 1.807) is 7.05 Å². The Kier molecular flexibility index (Phi) is 7.74. The number of amides is 1. The molecule has 2 aromatic carbocycles. The highest BCUT2D eigenvalue weighted by Gasteiger charge is 2.21. The van der Waals surface area contributed by atoms with Crippen LogP contribution in [-0.2, 0) is 17.8 Å². The molecule has 0 aliphatic carbocycles. The molecular formula is C28H35N5O3. The van der Waals surface area contributed by atoms with Gasteiger partial charge in [-0.3, -0.25) is 14.5 Å². The van der Waals surface area contributed by atoms with Gasteiger partial charge >= 0.3 is 0 Å². The molecule has 8 nitrogen and oxygen atoms in total. The Balaban J connectivity index is 0.00000148. The number of aromatic amines is 1. The van der Waals surface area contributed by atoms with Crippen molar-refractivity contribution >= 4 is 35.0 Å². The molecule has 0 radical (unpaired) electrons. The molecule has 0 unspecified atom stereocenters. The maximum atomic E-state index is 12.6. The summed E-state index contributed by atoms with van der Waals surface area (Å²) in [6.45, 7) is 11.8. The van der Waals surface area contributed by atoms with Crippen LogP contribution < -0.4 is 21.1 Å². The standard InChI is InChI=1S/C27H33N5O2.CH2O/c1-17-14-20(26(33)28-3)6-7-23(17)32-11-9-31(10-12-32)16-19-13-18(2)24-22(15-19)30-27(34)21-5-4-8-29-25(21)24;1-2/h6-7,13-15,29H,4-5,8-12,16H2,1-3H3,(H,28,33)(H,30,34);1H2. The van der Waals surface area contributed by atoms with Crippen LogP contribution in [0.3, 0.4) is 0 Å². The fourth-order valence-electron chi connectivity index (χ4n) is 5.46. The first kappa shape index (κ1) is 25.4. The lowest BCUT2D eigenvalue weighted by atomic mass is 9.97. The molecule has 1 aromatic heterocycles. The van der Waals surface area contributed by atoms with Crippen LogP contribution in [0, 0.1) is 13.8 Å². The molecule has 2 aliphatic heterocycles. The van der Waals surface area contributed by atoms with Gasteiger partial charge in [-0.1, -0.05) is 6.07 Å².